The van der Waals surface area contributed by atoms with Crippen LogP contribution in [0.15, 0.2) is 18.2 Å². The monoisotopic (exact) mass is 303 g/mol. The smallest absolute Gasteiger partial charge is 0.0595 e. The maximum absolute atomic E-state index is 9.56. The van der Waals surface area contributed by atoms with Crippen LogP contribution in [-0.2, 0) is 0 Å². The lowest BCUT2D eigenvalue weighted by atomic mass is 9.83. The standard InChI is InChI=1S/C15H23Cl2NO/c1-4-15(5-2,10-19)9-18-11(3)12-6-7-13(16)14(17)8-12/h6-8,11,18-19H,4-5,9-10H2,1-3H3. The van der Waals surface area contributed by atoms with E-state index in [1.165, 1.54) is 0 Å². The lowest BCUT2D eigenvalue weighted by Gasteiger charge is -2.31. The summed E-state index contributed by atoms with van der Waals surface area (Å²) >= 11 is 11.9. The molecule has 0 radical (unpaired) electrons. The molecule has 0 amide bonds. The first-order chi connectivity index (χ1) is 8.98. The summed E-state index contributed by atoms with van der Waals surface area (Å²) in [5.41, 5.74) is 1.07. The highest BCUT2D eigenvalue weighted by Gasteiger charge is 2.25. The number of rotatable bonds is 7. The topological polar surface area (TPSA) is 32.3 Å². The van der Waals surface area contributed by atoms with E-state index < -0.39 is 0 Å². The number of halogens is 2. The molecular weight excluding hydrogens is 281 g/mol. The van der Waals surface area contributed by atoms with Crippen LogP contribution in [0.3, 0.4) is 0 Å². The van der Waals surface area contributed by atoms with Crippen molar-refractivity contribution in [3.05, 3.63) is 33.8 Å². The van der Waals surface area contributed by atoms with Gasteiger partial charge in [0, 0.05) is 24.6 Å². The Hall–Kier alpha value is -0.280. The molecule has 0 spiro atoms. The normalized spacial score (nSPS) is 13.6. The first-order valence-electron chi connectivity index (χ1n) is 6.77. The van der Waals surface area contributed by atoms with Crippen LogP contribution in [-0.4, -0.2) is 18.3 Å². The molecule has 0 fully saturated rings. The highest BCUT2D eigenvalue weighted by molar-refractivity contribution is 6.42. The van der Waals surface area contributed by atoms with Crippen LogP contribution in [0, 0.1) is 5.41 Å². The number of aliphatic hydroxyl groups excluding tert-OH is 1. The average molecular weight is 304 g/mol. The minimum absolute atomic E-state index is 0.0372. The van der Waals surface area contributed by atoms with Crippen molar-refractivity contribution in [1.82, 2.24) is 5.32 Å². The van der Waals surface area contributed by atoms with E-state index in [1.54, 1.807) is 0 Å². The summed E-state index contributed by atoms with van der Waals surface area (Å²) in [5, 5.41) is 14.2. The van der Waals surface area contributed by atoms with Gasteiger partial charge in [-0.05, 0) is 37.5 Å². The zero-order valence-electron chi connectivity index (χ0n) is 11.8. The van der Waals surface area contributed by atoms with Crippen LogP contribution in [0.25, 0.3) is 0 Å². The second kappa shape index (κ2) is 7.49. The number of hydrogen-bond acceptors (Lipinski definition) is 2. The molecule has 108 valence electrons. The highest BCUT2D eigenvalue weighted by atomic mass is 35.5. The molecule has 0 saturated heterocycles. The largest absolute Gasteiger partial charge is 0.396 e. The highest BCUT2D eigenvalue weighted by Crippen LogP contribution is 2.28. The fourth-order valence-corrected chi connectivity index (χ4v) is 2.36. The average Bonchev–Trinajstić information content (AvgIpc) is 2.43. The van der Waals surface area contributed by atoms with Crippen molar-refractivity contribution in [3.63, 3.8) is 0 Å². The van der Waals surface area contributed by atoms with E-state index in [0.717, 1.165) is 24.9 Å². The molecule has 1 rings (SSSR count). The summed E-state index contributed by atoms with van der Waals surface area (Å²) < 4.78 is 0. The fraction of sp³-hybridized carbons (Fsp3) is 0.600. The molecule has 1 aromatic carbocycles. The Balaban J connectivity index is 2.69. The lowest BCUT2D eigenvalue weighted by molar-refractivity contribution is 0.110. The van der Waals surface area contributed by atoms with E-state index in [0.29, 0.717) is 10.0 Å². The van der Waals surface area contributed by atoms with Gasteiger partial charge in [0.05, 0.1) is 10.0 Å². The Morgan fingerprint density at radius 2 is 1.84 bits per heavy atom. The fourth-order valence-electron chi connectivity index (χ4n) is 2.05. The SMILES string of the molecule is CCC(CC)(CO)CNC(C)c1ccc(Cl)c(Cl)c1. The summed E-state index contributed by atoms with van der Waals surface area (Å²) in [7, 11) is 0. The van der Waals surface area contributed by atoms with Gasteiger partial charge in [-0.1, -0.05) is 43.1 Å². The summed E-state index contributed by atoms with van der Waals surface area (Å²) in [5.74, 6) is 0. The molecule has 0 aliphatic carbocycles. The maximum Gasteiger partial charge on any atom is 0.0595 e. The second-order valence-electron chi connectivity index (χ2n) is 5.14. The third-order valence-electron chi connectivity index (χ3n) is 4.06. The van der Waals surface area contributed by atoms with Crippen molar-refractivity contribution in [2.24, 2.45) is 5.41 Å². The van der Waals surface area contributed by atoms with Crippen LogP contribution < -0.4 is 5.32 Å². The van der Waals surface area contributed by atoms with E-state index in [9.17, 15) is 5.11 Å². The molecule has 1 atom stereocenters. The van der Waals surface area contributed by atoms with Crippen molar-refractivity contribution in [1.29, 1.82) is 0 Å². The Bertz CT molecular complexity index is 397. The molecule has 4 heteroatoms. The van der Waals surface area contributed by atoms with E-state index in [2.05, 4.69) is 26.1 Å². The van der Waals surface area contributed by atoms with Gasteiger partial charge < -0.3 is 10.4 Å². The molecule has 0 aliphatic rings. The first kappa shape index (κ1) is 16.8. The van der Waals surface area contributed by atoms with Gasteiger partial charge in [0.1, 0.15) is 0 Å². The third kappa shape index (κ3) is 4.35. The van der Waals surface area contributed by atoms with Crippen molar-refractivity contribution >= 4 is 23.2 Å². The van der Waals surface area contributed by atoms with Crippen LogP contribution in [0.2, 0.25) is 10.0 Å². The zero-order chi connectivity index (χ0) is 14.5. The first-order valence-corrected chi connectivity index (χ1v) is 7.52. The van der Waals surface area contributed by atoms with Gasteiger partial charge >= 0.3 is 0 Å². The lowest BCUT2D eigenvalue weighted by Crippen LogP contribution is -2.37. The molecular formula is C15H23Cl2NO. The van der Waals surface area contributed by atoms with E-state index >= 15 is 0 Å². The van der Waals surface area contributed by atoms with Crippen LogP contribution in [0.5, 0.6) is 0 Å². The summed E-state index contributed by atoms with van der Waals surface area (Å²) in [6.07, 6.45) is 1.92. The molecule has 0 bridgehead atoms. The summed E-state index contributed by atoms with van der Waals surface area (Å²) in [6.45, 7) is 7.32. The molecule has 2 nitrogen and oxygen atoms in total. The van der Waals surface area contributed by atoms with Gasteiger partial charge in [-0.2, -0.15) is 0 Å². The minimum Gasteiger partial charge on any atom is -0.396 e. The van der Waals surface area contributed by atoms with Crippen LogP contribution in [0.4, 0.5) is 0 Å². The van der Waals surface area contributed by atoms with E-state index in [4.69, 9.17) is 23.2 Å². The Kier molecular flexibility index (Phi) is 6.61. The van der Waals surface area contributed by atoms with Gasteiger partial charge in [0.15, 0.2) is 0 Å². The molecule has 0 aromatic heterocycles. The van der Waals surface area contributed by atoms with Crippen molar-refractivity contribution in [2.45, 2.75) is 39.7 Å². The predicted molar refractivity (Wildman–Crippen MR) is 83.0 cm³/mol. The molecule has 0 heterocycles. The maximum atomic E-state index is 9.56. The summed E-state index contributed by atoms with van der Waals surface area (Å²) in [6, 6.07) is 5.86. The Labute approximate surface area is 126 Å². The Morgan fingerprint density at radius 3 is 2.32 bits per heavy atom. The third-order valence-corrected chi connectivity index (χ3v) is 4.80. The molecule has 1 unspecified atom stereocenters. The van der Waals surface area contributed by atoms with Crippen molar-refractivity contribution < 1.29 is 5.11 Å². The van der Waals surface area contributed by atoms with Crippen LogP contribution in [0.1, 0.15) is 45.2 Å². The molecule has 19 heavy (non-hydrogen) atoms. The van der Waals surface area contributed by atoms with Crippen LogP contribution >= 0.6 is 23.2 Å². The quantitative estimate of drug-likeness (QED) is 0.780. The van der Waals surface area contributed by atoms with Gasteiger partial charge in [-0.3, -0.25) is 0 Å². The van der Waals surface area contributed by atoms with Gasteiger partial charge in [-0.25, -0.2) is 0 Å². The number of nitrogens with one attached hydrogen (secondary N) is 1. The molecule has 0 aliphatic heterocycles. The second-order valence-corrected chi connectivity index (χ2v) is 5.96. The predicted octanol–water partition coefficient (Wildman–Crippen LogP) is 4.44. The summed E-state index contributed by atoms with van der Waals surface area (Å²) in [4.78, 5) is 0. The molecule has 1 aromatic rings. The Morgan fingerprint density at radius 1 is 1.21 bits per heavy atom. The van der Waals surface area contributed by atoms with Gasteiger partial charge in [0.25, 0.3) is 0 Å². The number of aliphatic hydroxyl groups is 1. The number of benzene rings is 1. The molecule has 2 N–H and O–H groups in total. The van der Waals surface area contributed by atoms with E-state index in [-0.39, 0.29) is 18.1 Å². The number of hydrogen-bond donors (Lipinski definition) is 2. The zero-order valence-corrected chi connectivity index (χ0v) is 13.4. The molecule has 0 saturated carbocycles. The van der Waals surface area contributed by atoms with Crippen molar-refractivity contribution in [2.75, 3.05) is 13.2 Å². The van der Waals surface area contributed by atoms with Crippen molar-refractivity contribution in [3.8, 4) is 0 Å². The minimum atomic E-state index is -0.0372. The van der Waals surface area contributed by atoms with E-state index in [1.807, 2.05) is 18.2 Å². The van der Waals surface area contributed by atoms with Gasteiger partial charge in [0.2, 0.25) is 0 Å². The van der Waals surface area contributed by atoms with Gasteiger partial charge in [-0.15, -0.1) is 0 Å².